The predicted octanol–water partition coefficient (Wildman–Crippen LogP) is 3.27. The zero-order valence-electron chi connectivity index (χ0n) is 15.3. The van der Waals surface area contributed by atoms with Gasteiger partial charge in [-0.05, 0) is 61.7 Å². The van der Waals surface area contributed by atoms with Crippen molar-refractivity contribution < 1.29 is 17.6 Å². The van der Waals surface area contributed by atoms with E-state index in [4.69, 9.17) is 0 Å². The molecular formula is C20H23FN2O3S. The number of hydrogen-bond acceptors (Lipinski definition) is 3. The van der Waals surface area contributed by atoms with Crippen molar-refractivity contribution in [1.29, 1.82) is 0 Å². The monoisotopic (exact) mass is 390 g/mol. The van der Waals surface area contributed by atoms with Crippen LogP contribution in [-0.4, -0.2) is 43.2 Å². The molecule has 0 radical (unpaired) electrons. The Bertz CT molecular complexity index is 907. The van der Waals surface area contributed by atoms with Crippen LogP contribution in [0.1, 0.15) is 35.7 Å². The highest BCUT2D eigenvalue weighted by atomic mass is 32.2. The maximum atomic E-state index is 13.4. The zero-order chi connectivity index (χ0) is 19.4. The van der Waals surface area contributed by atoms with E-state index in [1.165, 1.54) is 28.6 Å². The van der Waals surface area contributed by atoms with Gasteiger partial charge in [-0.1, -0.05) is 12.1 Å². The molecule has 1 aliphatic heterocycles. The van der Waals surface area contributed by atoms with Gasteiger partial charge in [0.15, 0.2) is 0 Å². The molecule has 1 fully saturated rings. The average molecular weight is 390 g/mol. The molecule has 0 aromatic heterocycles. The first-order chi connectivity index (χ1) is 12.9. The largest absolute Gasteiger partial charge is 0.335 e. The molecule has 0 saturated carbocycles. The lowest BCUT2D eigenvalue weighted by molar-refractivity contribution is 0.0752. The summed E-state index contributed by atoms with van der Waals surface area (Å²) >= 11 is 0. The molecule has 0 bridgehead atoms. The number of carbonyl (C=O) groups excluding carboxylic acids is 1. The number of carbonyl (C=O) groups is 1. The van der Waals surface area contributed by atoms with Crippen molar-refractivity contribution in [1.82, 2.24) is 9.21 Å². The zero-order valence-corrected chi connectivity index (χ0v) is 16.1. The third-order valence-corrected chi connectivity index (χ3v) is 6.65. The molecule has 0 aliphatic carbocycles. The number of hydrogen-bond donors (Lipinski definition) is 0. The minimum atomic E-state index is -3.49. The molecule has 1 aliphatic rings. The van der Waals surface area contributed by atoms with Crippen molar-refractivity contribution in [2.45, 2.75) is 31.2 Å². The summed E-state index contributed by atoms with van der Waals surface area (Å²) in [5, 5.41) is 0. The SMILES string of the molecule is CCN(Cc1cccc(F)c1)C(=O)c1ccc(S(=O)(=O)N2CCCC2)cc1. The molecule has 0 unspecified atom stereocenters. The second-order valence-electron chi connectivity index (χ2n) is 6.58. The van der Waals surface area contributed by atoms with E-state index in [2.05, 4.69) is 0 Å². The van der Waals surface area contributed by atoms with E-state index in [0.717, 1.165) is 12.8 Å². The third-order valence-electron chi connectivity index (χ3n) is 4.74. The lowest BCUT2D eigenvalue weighted by Gasteiger charge is -2.21. The smallest absolute Gasteiger partial charge is 0.254 e. The topological polar surface area (TPSA) is 57.7 Å². The van der Waals surface area contributed by atoms with Crippen LogP contribution in [0, 0.1) is 5.82 Å². The maximum absolute atomic E-state index is 13.4. The van der Waals surface area contributed by atoms with Gasteiger partial charge in [-0.25, -0.2) is 12.8 Å². The normalized spacial score (nSPS) is 15.0. The third kappa shape index (κ3) is 4.36. The Balaban J connectivity index is 1.76. The van der Waals surface area contributed by atoms with E-state index in [1.807, 2.05) is 6.92 Å². The summed E-state index contributed by atoms with van der Waals surface area (Å²) in [5.74, 6) is -0.556. The molecule has 7 heteroatoms. The molecule has 0 N–H and O–H groups in total. The molecule has 1 saturated heterocycles. The van der Waals surface area contributed by atoms with E-state index in [0.29, 0.717) is 37.3 Å². The summed E-state index contributed by atoms with van der Waals surface area (Å²) in [6, 6.07) is 12.2. The van der Waals surface area contributed by atoms with Gasteiger partial charge in [-0.2, -0.15) is 4.31 Å². The molecule has 27 heavy (non-hydrogen) atoms. The molecule has 1 amide bonds. The fourth-order valence-electron chi connectivity index (χ4n) is 3.21. The van der Waals surface area contributed by atoms with E-state index in [1.54, 1.807) is 29.2 Å². The molecule has 5 nitrogen and oxygen atoms in total. The summed E-state index contributed by atoms with van der Waals surface area (Å²) in [6.45, 7) is 3.69. The van der Waals surface area contributed by atoms with E-state index >= 15 is 0 Å². The summed E-state index contributed by atoms with van der Waals surface area (Å²) < 4.78 is 40.0. The van der Waals surface area contributed by atoms with Crippen molar-refractivity contribution in [3.05, 3.63) is 65.5 Å². The van der Waals surface area contributed by atoms with Gasteiger partial charge in [0.1, 0.15) is 5.82 Å². The average Bonchev–Trinajstić information content (AvgIpc) is 3.21. The van der Waals surface area contributed by atoms with E-state index < -0.39 is 10.0 Å². The Morgan fingerprint density at radius 3 is 2.37 bits per heavy atom. The van der Waals surface area contributed by atoms with Crippen LogP contribution in [0.25, 0.3) is 0 Å². The minimum absolute atomic E-state index is 0.203. The fourth-order valence-corrected chi connectivity index (χ4v) is 4.73. The van der Waals surface area contributed by atoms with Gasteiger partial charge in [0.05, 0.1) is 4.90 Å². The Morgan fingerprint density at radius 1 is 1.11 bits per heavy atom. The standard InChI is InChI=1S/C20H23FN2O3S/c1-2-22(15-16-6-5-7-18(21)14-16)20(24)17-8-10-19(11-9-17)27(25,26)23-12-3-4-13-23/h5-11,14H,2-4,12-13,15H2,1H3. The molecule has 2 aromatic rings. The first-order valence-electron chi connectivity index (χ1n) is 9.06. The second kappa shape index (κ2) is 8.19. The van der Waals surface area contributed by atoms with Crippen LogP contribution in [0.15, 0.2) is 53.4 Å². The van der Waals surface area contributed by atoms with Gasteiger partial charge in [-0.15, -0.1) is 0 Å². The molecule has 3 rings (SSSR count). The number of benzene rings is 2. The van der Waals surface area contributed by atoms with Crippen molar-refractivity contribution >= 4 is 15.9 Å². The van der Waals surface area contributed by atoms with Crippen LogP contribution in [0.5, 0.6) is 0 Å². The van der Waals surface area contributed by atoms with Gasteiger partial charge >= 0.3 is 0 Å². The number of rotatable bonds is 6. The van der Waals surface area contributed by atoms with Crippen LogP contribution in [0.2, 0.25) is 0 Å². The Labute approximate surface area is 159 Å². The summed E-state index contributed by atoms with van der Waals surface area (Å²) in [7, 11) is -3.49. The highest BCUT2D eigenvalue weighted by Gasteiger charge is 2.27. The quantitative estimate of drug-likeness (QED) is 0.761. The van der Waals surface area contributed by atoms with Crippen molar-refractivity contribution in [3.8, 4) is 0 Å². The lowest BCUT2D eigenvalue weighted by atomic mass is 10.1. The van der Waals surface area contributed by atoms with Gasteiger partial charge in [0, 0.05) is 31.7 Å². The number of halogens is 1. The van der Waals surface area contributed by atoms with Gasteiger partial charge in [0.25, 0.3) is 5.91 Å². The minimum Gasteiger partial charge on any atom is -0.335 e. The molecule has 2 aromatic carbocycles. The number of sulfonamides is 1. The summed E-state index contributed by atoms with van der Waals surface area (Å²) in [6.07, 6.45) is 1.75. The van der Waals surface area contributed by atoms with E-state index in [9.17, 15) is 17.6 Å². The van der Waals surface area contributed by atoms with Crippen LogP contribution in [-0.2, 0) is 16.6 Å². The molecule has 0 spiro atoms. The Kier molecular flexibility index (Phi) is 5.92. The maximum Gasteiger partial charge on any atom is 0.254 e. The number of amides is 1. The first kappa shape index (κ1) is 19.5. The highest BCUT2D eigenvalue weighted by molar-refractivity contribution is 7.89. The highest BCUT2D eigenvalue weighted by Crippen LogP contribution is 2.21. The first-order valence-corrected chi connectivity index (χ1v) is 10.5. The molecule has 144 valence electrons. The van der Waals surface area contributed by atoms with Crippen LogP contribution in [0.4, 0.5) is 4.39 Å². The van der Waals surface area contributed by atoms with Gasteiger partial charge in [-0.3, -0.25) is 4.79 Å². The summed E-state index contributed by atoms with van der Waals surface area (Å²) in [4.78, 5) is 14.6. The molecule has 0 atom stereocenters. The van der Waals surface area contributed by atoms with Crippen molar-refractivity contribution in [2.75, 3.05) is 19.6 Å². The van der Waals surface area contributed by atoms with Gasteiger partial charge < -0.3 is 4.90 Å². The van der Waals surface area contributed by atoms with Crippen LogP contribution >= 0.6 is 0 Å². The lowest BCUT2D eigenvalue weighted by Crippen LogP contribution is -2.30. The van der Waals surface area contributed by atoms with Crippen molar-refractivity contribution in [2.24, 2.45) is 0 Å². The fraction of sp³-hybridized carbons (Fsp3) is 0.350. The number of nitrogens with zero attached hydrogens (tertiary/aromatic N) is 2. The summed E-state index contributed by atoms with van der Waals surface area (Å²) in [5.41, 5.74) is 1.12. The predicted molar refractivity (Wildman–Crippen MR) is 101 cm³/mol. The van der Waals surface area contributed by atoms with E-state index in [-0.39, 0.29) is 16.6 Å². The molecular weight excluding hydrogens is 367 g/mol. The van der Waals surface area contributed by atoms with Crippen molar-refractivity contribution in [3.63, 3.8) is 0 Å². The molecule has 1 heterocycles. The second-order valence-corrected chi connectivity index (χ2v) is 8.52. The van der Waals surface area contributed by atoms with Crippen LogP contribution < -0.4 is 0 Å². The Hall–Kier alpha value is -2.25. The van der Waals surface area contributed by atoms with Gasteiger partial charge in [0.2, 0.25) is 10.0 Å². The van der Waals surface area contributed by atoms with Crippen LogP contribution in [0.3, 0.4) is 0 Å². The Morgan fingerprint density at radius 2 is 1.78 bits per heavy atom.